The highest BCUT2D eigenvalue weighted by molar-refractivity contribution is 7.88. The summed E-state index contributed by atoms with van der Waals surface area (Å²) < 4.78 is 30.7. The van der Waals surface area contributed by atoms with Crippen LogP contribution in [0.4, 0.5) is 5.95 Å². The number of rotatable bonds is 9. The maximum absolute atomic E-state index is 10.9. The molecule has 1 N–H and O–H groups in total. The molecule has 0 aliphatic carbocycles. The molecular weight excluding hydrogens is 310 g/mol. The fourth-order valence-electron chi connectivity index (χ4n) is 2.07. The van der Waals surface area contributed by atoms with Crippen LogP contribution in [-0.2, 0) is 10.0 Å². The van der Waals surface area contributed by atoms with Crippen molar-refractivity contribution >= 4 is 32.5 Å². The predicted octanol–water partition coefficient (Wildman–Crippen LogP) is 1.34. The minimum atomic E-state index is -3.05. The molecule has 0 spiro atoms. The summed E-state index contributed by atoms with van der Waals surface area (Å²) in [7, 11) is -1.02. The number of aromatic nitrogens is 3. The Balaban J connectivity index is 1.64. The van der Waals surface area contributed by atoms with Crippen LogP contribution in [0.3, 0.4) is 0 Å². The molecule has 118 valence electrons. The van der Waals surface area contributed by atoms with E-state index < -0.39 is 10.0 Å². The van der Waals surface area contributed by atoms with Crippen molar-refractivity contribution in [2.75, 3.05) is 31.3 Å². The van der Waals surface area contributed by atoms with E-state index in [1.807, 2.05) is 17.6 Å². The van der Waals surface area contributed by atoms with Crippen LogP contribution < -0.4 is 9.62 Å². The second-order valence-electron chi connectivity index (χ2n) is 5.06. The minimum absolute atomic E-state index is 0.524. The molecule has 9 heteroatoms. The number of unbranched alkanes of at least 4 members (excludes halogenated alkanes) is 3. The zero-order valence-corrected chi connectivity index (χ0v) is 14.0. The van der Waals surface area contributed by atoms with Crippen LogP contribution in [0.15, 0.2) is 12.4 Å². The molecule has 2 rings (SSSR count). The SMILES string of the molecule is CN(CCCCCCNS(C)(=O)=O)c1nsc2nccn12. The summed E-state index contributed by atoms with van der Waals surface area (Å²) in [5.41, 5.74) is 0. The third kappa shape index (κ3) is 4.94. The Bertz CT molecular complexity index is 664. The average molecular weight is 331 g/mol. The number of anilines is 1. The minimum Gasteiger partial charge on any atom is -0.344 e. The van der Waals surface area contributed by atoms with Crippen molar-refractivity contribution in [2.24, 2.45) is 0 Å². The molecule has 0 saturated carbocycles. The van der Waals surface area contributed by atoms with E-state index >= 15 is 0 Å². The molecular formula is C12H21N5O2S2. The van der Waals surface area contributed by atoms with Gasteiger partial charge >= 0.3 is 0 Å². The topological polar surface area (TPSA) is 79.6 Å². The Morgan fingerprint density at radius 2 is 2.10 bits per heavy atom. The maximum Gasteiger partial charge on any atom is 0.222 e. The van der Waals surface area contributed by atoms with Crippen molar-refractivity contribution in [1.29, 1.82) is 0 Å². The van der Waals surface area contributed by atoms with Gasteiger partial charge in [0.2, 0.25) is 20.9 Å². The lowest BCUT2D eigenvalue weighted by molar-refractivity contribution is 0.577. The van der Waals surface area contributed by atoms with Gasteiger partial charge in [-0.25, -0.2) is 18.1 Å². The number of hydrogen-bond acceptors (Lipinski definition) is 6. The highest BCUT2D eigenvalue weighted by Crippen LogP contribution is 2.17. The van der Waals surface area contributed by atoms with E-state index in [2.05, 4.69) is 19.0 Å². The molecule has 0 unspecified atom stereocenters. The van der Waals surface area contributed by atoms with Gasteiger partial charge in [-0.05, 0) is 12.8 Å². The van der Waals surface area contributed by atoms with Crippen molar-refractivity contribution in [1.82, 2.24) is 18.5 Å². The molecule has 7 nitrogen and oxygen atoms in total. The van der Waals surface area contributed by atoms with Crippen LogP contribution >= 0.6 is 11.5 Å². The number of imidazole rings is 1. The average Bonchev–Trinajstić information content (AvgIpc) is 2.98. The van der Waals surface area contributed by atoms with Gasteiger partial charge in [0.15, 0.2) is 0 Å². The molecule has 0 atom stereocenters. The van der Waals surface area contributed by atoms with Crippen LogP contribution in [0.25, 0.3) is 4.96 Å². The first-order valence-corrected chi connectivity index (χ1v) is 9.58. The zero-order valence-electron chi connectivity index (χ0n) is 12.3. The number of nitrogens with one attached hydrogen (secondary N) is 1. The van der Waals surface area contributed by atoms with Crippen molar-refractivity contribution in [3.05, 3.63) is 12.4 Å². The third-order valence-electron chi connectivity index (χ3n) is 3.16. The van der Waals surface area contributed by atoms with Gasteiger partial charge in [0.25, 0.3) is 0 Å². The maximum atomic E-state index is 10.9. The van der Waals surface area contributed by atoms with Gasteiger partial charge in [0, 0.05) is 44.1 Å². The lowest BCUT2D eigenvalue weighted by Crippen LogP contribution is -2.23. The molecule has 0 aromatic carbocycles. The summed E-state index contributed by atoms with van der Waals surface area (Å²) in [6.07, 6.45) is 8.91. The lowest BCUT2D eigenvalue weighted by Gasteiger charge is -2.16. The second-order valence-corrected chi connectivity index (χ2v) is 7.63. The zero-order chi connectivity index (χ0) is 15.3. The predicted molar refractivity (Wildman–Crippen MR) is 85.4 cm³/mol. The Hall–Kier alpha value is -1.19. The molecule has 2 heterocycles. The van der Waals surface area contributed by atoms with Gasteiger partial charge in [-0.15, -0.1) is 0 Å². The number of hydrogen-bond donors (Lipinski definition) is 1. The molecule has 21 heavy (non-hydrogen) atoms. The third-order valence-corrected chi connectivity index (χ3v) is 4.61. The highest BCUT2D eigenvalue weighted by Gasteiger charge is 2.10. The fraction of sp³-hybridized carbons (Fsp3) is 0.667. The molecule has 0 aliphatic rings. The molecule has 0 amide bonds. The molecule has 2 aromatic heterocycles. The van der Waals surface area contributed by atoms with E-state index in [0.29, 0.717) is 6.54 Å². The van der Waals surface area contributed by atoms with E-state index in [-0.39, 0.29) is 0 Å². The number of sulfonamides is 1. The molecule has 0 fully saturated rings. The number of nitrogens with zero attached hydrogens (tertiary/aromatic N) is 4. The quantitative estimate of drug-likeness (QED) is 0.701. The van der Waals surface area contributed by atoms with Gasteiger partial charge < -0.3 is 4.90 Å². The summed E-state index contributed by atoms with van der Waals surface area (Å²) in [4.78, 5) is 7.24. The molecule has 0 aliphatic heterocycles. The summed E-state index contributed by atoms with van der Waals surface area (Å²) >= 11 is 1.40. The summed E-state index contributed by atoms with van der Waals surface area (Å²) in [6.45, 7) is 1.45. The van der Waals surface area contributed by atoms with Crippen molar-refractivity contribution < 1.29 is 8.42 Å². The van der Waals surface area contributed by atoms with E-state index in [0.717, 1.165) is 43.1 Å². The van der Waals surface area contributed by atoms with E-state index in [9.17, 15) is 8.42 Å². The summed E-state index contributed by atoms with van der Waals surface area (Å²) in [5.74, 6) is 0.922. The van der Waals surface area contributed by atoms with Crippen molar-refractivity contribution in [3.8, 4) is 0 Å². The Kier molecular flexibility index (Phi) is 5.54. The van der Waals surface area contributed by atoms with E-state index in [4.69, 9.17) is 0 Å². The van der Waals surface area contributed by atoms with Crippen LogP contribution in [0.5, 0.6) is 0 Å². The monoisotopic (exact) mass is 331 g/mol. The smallest absolute Gasteiger partial charge is 0.222 e. The van der Waals surface area contributed by atoms with Crippen molar-refractivity contribution in [3.63, 3.8) is 0 Å². The Morgan fingerprint density at radius 3 is 2.86 bits per heavy atom. The molecule has 0 saturated heterocycles. The standard InChI is InChI=1S/C12H21N5O2S2/c1-16(11-15-20-12-13-8-10-17(11)12)9-6-4-3-5-7-14-21(2,18)19/h8,10,14H,3-7,9H2,1-2H3. The van der Waals surface area contributed by atoms with Crippen LogP contribution in [0, 0.1) is 0 Å². The van der Waals surface area contributed by atoms with Crippen LogP contribution in [-0.4, -0.2) is 48.6 Å². The Labute approximate surface area is 129 Å². The van der Waals surface area contributed by atoms with Crippen LogP contribution in [0.2, 0.25) is 0 Å². The highest BCUT2D eigenvalue weighted by atomic mass is 32.2. The molecule has 0 radical (unpaired) electrons. The molecule has 0 bridgehead atoms. The van der Waals surface area contributed by atoms with Crippen molar-refractivity contribution in [2.45, 2.75) is 25.7 Å². The number of fused-ring (bicyclic) bond motifs is 1. The second kappa shape index (κ2) is 7.19. The Morgan fingerprint density at radius 1 is 1.33 bits per heavy atom. The lowest BCUT2D eigenvalue weighted by atomic mass is 10.2. The van der Waals surface area contributed by atoms with Gasteiger partial charge in [-0.1, -0.05) is 12.8 Å². The first-order chi connectivity index (χ1) is 9.97. The van der Waals surface area contributed by atoms with Gasteiger partial charge in [-0.2, -0.15) is 4.37 Å². The summed E-state index contributed by atoms with van der Waals surface area (Å²) in [5, 5.41) is 0. The first-order valence-electron chi connectivity index (χ1n) is 6.92. The normalized spacial score (nSPS) is 12.1. The fourth-order valence-corrected chi connectivity index (χ4v) is 3.32. The van der Waals surface area contributed by atoms with E-state index in [1.165, 1.54) is 17.8 Å². The summed E-state index contributed by atoms with van der Waals surface area (Å²) in [6, 6.07) is 0. The van der Waals surface area contributed by atoms with E-state index in [1.54, 1.807) is 6.20 Å². The van der Waals surface area contributed by atoms with Crippen LogP contribution in [0.1, 0.15) is 25.7 Å². The van der Waals surface area contributed by atoms with Gasteiger partial charge in [-0.3, -0.25) is 4.40 Å². The van der Waals surface area contributed by atoms with Gasteiger partial charge in [0.05, 0.1) is 6.26 Å². The van der Waals surface area contributed by atoms with Gasteiger partial charge in [0.1, 0.15) is 0 Å². The molecule has 2 aromatic rings. The largest absolute Gasteiger partial charge is 0.344 e. The first kappa shape index (κ1) is 16.2.